The Balaban J connectivity index is 1.30. The van der Waals surface area contributed by atoms with E-state index in [0.29, 0.717) is 30.8 Å². The third-order valence-electron chi connectivity index (χ3n) is 8.09. The van der Waals surface area contributed by atoms with E-state index >= 15 is 0 Å². The van der Waals surface area contributed by atoms with Gasteiger partial charge in [0.25, 0.3) is 5.91 Å². The van der Waals surface area contributed by atoms with Crippen LogP contribution in [0.25, 0.3) is 0 Å². The monoisotopic (exact) mass is 506 g/mol. The van der Waals surface area contributed by atoms with Crippen LogP contribution in [0.4, 0.5) is 0 Å². The summed E-state index contributed by atoms with van der Waals surface area (Å²) < 4.78 is 11.6. The Morgan fingerprint density at radius 3 is 2.73 bits per heavy atom. The van der Waals surface area contributed by atoms with Crippen molar-refractivity contribution in [3.8, 4) is 11.5 Å². The number of ether oxygens (including phenoxy) is 2. The highest BCUT2D eigenvalue weighted by Crippen LogP contribution is 2.35. The van der Waals surface area contributed by atoms with Crippen molar-refractivity contribution >= 4 is 11.8 Å². The molecule has 1 saturated heterocycles. The number of carbonyl (C=O) groups excluding carboxylic acids is 2. The van der Waals surface area contributed by atoms with Crippen molar-refractivity contribution in [1.29, 1.82) is 0 Å². The molecule has 37 heavy (non-hydrogen) atoms. The van der Waals surface area contributed by atoms with Gasteiger partial charge in [0.1, 0.15) is 17.5 Å². The van der Waals surface area contributed by atoms with E-state index in [1.54, 1.807) is 31.2 Å². The lowest BCUT2D eigenvalue weighted by Crippen LogP contribution is -2.45. The van der Waals surface area contributed by atoms with Crippen LogP contribution in [-0.4, -0.2) is 67.6 Å². The quantitative estimate of drug-likeness (QED) is 0.543. The summed E-state index contributed by atoms with van der Waals surface area (Å²) in [5.41, 5.74) is 9.71. The van der Waals surface area contributed by atoms with Crippen LogP contribution in [0.2, 0.25) is 0 Å². The molecule has 1 aliphatic carbocycles. The fourth-order valence-corrected chi connectivity index (χ4v) is 5.72. The van der Waals surface area contributed by atoms with Crippen LogP contribution in [0.1, 0.15) is 52.7 Å². The van der Waals surface area contributed by atoms with Gasteiger partial charge < -0.3 is 25.4 Å². The SMILES string of the molecule is CNC(=O)[C@@H]1C[C@H](N2CCc3c(cccc3OCCC3CC3)C2)CN1C(=O)c1ccc(CN)c(OC)c1. The molecule has 0 aromatic heterocycles. The van der Waals surface area contributed by atoms with Crippen LogP contribution < -0.4 is 20.5 Å². The first kappa shape index (κ1) is 25.5. The summed E-state index contributed by atoms with van der Waals surface area (Å²) in [5, 5.41) is 2.75. The molecule has 8 heteroatoms. The van der Waals surface area contributed by atoms with Crippen LogP contribution in [0.5, 0.6) is 11.5 Å². The van der Waals surface area contributed by atoms with Crippen molar-refractivity contribution in [2.75, 3.05) is 33.9 Å². The number of likely N-dealkylation sites (tertiary alicyclic amines) is 1. The van der Waals surface area contributed by atoms with E-state index in [2.05, 4.69) is 28.4 Å². The molecule has 2 atom stereocenters. The largest absolute Gasteiger partial charge is 0.496 e. The first-order chi connectivity index (χ1) is 18.0. The minimum atomic E-state index is -0.513. The van der Waals surface area contributed by atoms with Crippen molar-refractivity contribution in [3.63, 3.8) is 0 Å². The molecular formula is C29H38N4O4. The van der Waals surface area contributed by atoms with Gasteiger partial charge in [0.05, 0.1) is 13.7 Å². The second-order valence-corrected chi connectivity index (χ2v) is 10.4. The number of nitrogens with two attached hydrogens (primary N) is 1. The molecule has 198 valence electrons. The van der Waals surface area contributed by atoms with Gasteiger partial charge in [-0.2, -0.15) is 0 Å². The molecule has 3 aliphatic rings. The van der Waals surface area contributed by atoms with Gasteiger partial charge in [-0.3, -0.25) is 14.5 Å². The maximum Gasteiger partial charge on any atom is 0.254 e. The minimum absolute atomic E-state index is 0.101. The zero-order valence-electron chi connectivity index (χ0n) is 21.9. The number of hydrogen-bond donors (Lipinski definition) is 2. The van der Waals surface area contributed by atoms with Gasteiger partial charge in [-0.05, 0) is 54.5 Å². The number of nitrogens with zero attached hydrogens (tertiary/aromatic N) is 2. The molecular weight excluding hydrogens is 468 g/mol. The molecule has 3 N–H and O–H groups in total. The van der Waals surface area contributed by atoms with Gasteiger partial charge in [-0.1, -0.05) is 31.0 Å². The highest BCUT2D eigenvalue weighted by Gasteiger charge is 2.42. The second-order valence-electron chi connectivity index (χ2n) is 10.4. The van der Waals surface area contributed by atoms with E-state index in [0.717, 1.165) is 49.8 Å². The number of carbonyl (C=O) groups is 2. The Labute approximate surface area is 219 Å². The molecule has 0 bridgehead atoms. The van der Waals surface area contributed by atoms with E-state index in [1.807, 2.05) is 6.07 Å². The first-order valence-corrected chi connectivity index (χ1v) is 13.4. The van der Waals surface area contributed by atoms with E-state index < -0.39 is 6.04 Å². The number of amides is 2. The van der Waals surface area contributed by atoms with Crippen LogP contribution >= 0.6 is 0 Å². The van der Waals surface area contributed by atoms with Crippen molar-refractivity contribution in [2.45, 2.75) is 57.3 Å². The Morgan fingerprint density at radius 2 is 2.00 bits per heavy atom. The molecule has 2 aromatic carbocycles. The summed E-state index contributed by atoms with van der Waals surface area (Å²) >= 11 is 0. The Kier molecular flexibility index (Phi) is 7.67. The topological polar surface area (TPSA) is 97.1 Å². The Morgan fingerprint density at radius 1 is 1.16 bits per heavy atom. The van der Waals surface area contributed by atoms with Gasteiger partial charge in [-0.15, -0.1) is 0 Å². The average molecular weight is 507 g/mol. The van der Waals surface area contributed by atoms with Crippen molar-refractivity contribution < 1.29 is 19.1 Å². The number of nitrogens with one attached hydrogen (secondary N) is 1. The smallest absolute Gasteiger partial charge is 0.254 e. The molecule has 8 nitrogen and oxygen atoms in total. The normalized spacial score (nSPS) is 21.4. The van der Waals surface area contributed by atoms with Gasteiger partial charge in [0.15, 0.2) is 0 Å². The van der Waals surface area contributed by atoms with Crippen LogP contribution in [0, 0.1) is 5.92 Å². The number of fused-ring (bicyclic) bond motifs is 1. The lowest BCUT2D eigenvalue weighted by molar-refractivity contribution is -0.124. The lowest BCUT2D eigenvalue weighted by Gasteiger charge is -2.34. The number of likely N-dealkylation sites (N-methyl/N-ethyl adjacent to an activating group) is 1. The maximum atomic E-state index is 13.6. The standard InChI is InChI=1S/C29H38N4O4/c1-31-28(34)25-15-23(18-33(25)29(35)20-8-9-21(16-30)27(14-20)36-2)32-12-10-24-22(17-32)4-3-5-26(24)37-13-11-19-6-7-19/h3-5,8-9,14,19,23,25H,6-7,10-13,15-18,30H2,1-2H3,(H,31,34)/t23-,25-/m0/s1. The predicted molar refractivity (Wildman–Crippen MR) is 142 cm³/mol. The second kappa shape index (κ2) is 11.1. The molecule has 0 radical (unpaired) electrons. The number of benzene rings is 2. The minimum Gasteiger partial charge on any atom is -0.496 e. The van der Waals surface area contributed by atoms with Crippen LogP contribution in [-0.2, 0) is 24.3 Å². The highest BCUT2D eigenvalue weighted by atomic mass is 16.5. The summed E-state index contributed by atoms with van der Waals surface area (Å²) in [6.07, 6.45) is 5.34. The van der Waals surface area contributed by atoms with Gasteiger partial charge in [0.2, 0.25) is 5.91 Å². The molecule has 0 unspecified atom stereocenters. The van der Waals surface area contributed by atoms with E-state index in [1.165, 1.54) is 24.0 Å². The predicted octanol–water partition coefficient (Wildman–Crippen LogP) is 2.72. The van der Waals surface area contributed by atoms with Crippen molar-refractivity contribution in [2.24, 2.45) is 11.7 Å². The van der Waals surface area contributed by atoms with E-state index in [9.17, 15) is 9.59 Å². The lowest BCUT2D eigenvalue weighted by atomic mass is 9.97. The average Bonchev–Trinajstić information content (AvgIpc) is 3.66. The molecule has 2 fully saturated rings. The molecule has 5 rings (SSSR count). The summed E-state index contributed by atoms with van der Waals surface area (Å²) in [5.74, 6) is 2.16. The highest BCUT2D eigenvalue weighted by molar-refractivity contribution is 5.98. The van der Waals surface area contributed by atoms with Gasteiger partial charge in [0, 0.05) is 50.4 Å². The van der Waals surface area contributed by atoms with Crippen molar-refractivity contribution in [1.82, 2.24) is 15.1 Å². The summed E-state index contributed by atoms with van der Waals surface area (Å²) in [7, 11) is 3.19. The Hall–Kier alpha value is -3.10. The van der Waals surface area contributed by atoms with Crippen LogP contribution in [0.15, 0.2) is 36.4 Å². The molecule has 2 heterocycles. The summed E-state index contributed by atoms with van der Waals surface area (Å²) in [6.45, 7) is 3.29. The van der Waals surface area contributed by atoms with Gasteiger partial charge >= 0.3 is 0 Å². The third kappa shape index (κ3) is 5.45. The fraction of sp³-hybridized carbons (Fsp3) is 0.517. The molecule has 1 saturated carbocycles. The molecule has 2 aliphatic heterocycles. The number of methoxy groups -OCH3 is 1. The zero-order valence-corrected chi connectivity index (χ0v) is 21.9. The Bertz CT molecular complexity index is 1150. The molecule has 2 aromatic rings. The van der Waals surface area contributed by atoms with E-state index in [-0.39, 0.29) is 17.9 Å². The summed E-state index contributed by atoms with van der Waals surface area (Å²) in [6, 6.07) is 11.2. The molecule has 0 spiro atoms. The summed E-state index contributed by atoms with van der Waals surface area (Å²) in [4.78, 5) is 30.6. The number of hydrogen-bond acceptors (Lipinski definition) is 6. The van der Waals surface area contributed by atoms with Gasteiger partial charge in [-0.25, -0.2) is 0 Å². The zero-order chi connectivity index (χ0) is 25.9. The number of rotatable bonds is 9. The molecule has 2 amide bonds. The fourth-order valence-electron chi connectivity index (χ4n) is 5.72. The third-order valence-corrected chi connectivity index (χ3v) is 8.09. The van der Waals surface area contributed by atoms with Crippen molar-refractivity contribution in [3.05, 3.63) is 58.7 Å². The van der Waals surface area contributed by atoms with E-state index in [4.69, 9.17) is 15.2 Å². The first-order valence-electron chi connectivity index (χ1n) is 13.4. The van der Waals surface area contributed by atoms with Crippen LogP contribution in [0.3, 0.4) is 0 Å². The maximum absolute atomic E-state index is 13.6.